The second kappa shape index (κ2) is 6.33. The van der Waals surface area contributed by atoms with Crippen LogP contribution >= 0.6 is 0 Å². The number of hydrogen-bond donors (Lipinski definition) is 1. The zero-order valence-electron chi connectivity index (χ0n) is 15.2. The summed E-state index contributed by atoms with van der Waals surface area (Å²) in [5.41, 5.74) is -0.00615. The molecule has 4 aliphatic rings. The van der Waals surface area contributed by atoms with Crippen molar-refractivity contribution < 1.29 is 13.2 Å². The van der Waals surface area contributed by atoms with Gasteiger partial charge in [0.2, 0.25) is 10.0 Å². The van der Waals surface area contributed by atoms with Crippen molar-refractivity contribution in [1.82, 2.24) is 14.2 Å². The Morgan fingerprint density at radius 2 is 1.96 bits per heavy atom. The largest absolute Gasteiger partial charge is 0.370 e. The smallest absolute Gasteiger partial charge is 0.214 e. The molecule has 0 radical (unpaired) electrons. The summed E-state index contributed by atoms with van der Waals surface area (Å²) in [6.45, 7) is 4.77. The van der Waals surface area contributed by atoms with Crippen molar-refractivity contribution >= 4 is 10.0 Å². The number of aryl methyl sites for hydroxylation is 1. The molecule has 6 nitrogen and oxygen atoms in total. The molecule has 0 aromatic carbocycles. The van der Waals surface area contributed by atoms with Gasteiger partial charge in [0.05, 0.1) is 17.0 Å². The zero-order chi connectivity index (χ0) is 17.8. The summed E-state index contributed by atoms with van der Waals surface area (Å²) in [7, 11) is -3.10. The molecule has 4 atom stereocenters. The van der Waals surface area contributed by atoms with E-state index in [-0.39, 0.29) is 17.0 Å². The van der Waals surface area contributed by atoms with Gasteiger partial charge in [-0.15, -0.1) is 0 Å². The molecule has 1 aromatic heterocycles. The van der Waals surface area contributed by atoms with Gasteiger partial charge in [0, 0.05) is 50.4 Å². The van der Waals surface area contributed by atoms with Gasteiger partial charge in [-0.1, -0.05) is 0 Å². The molecule has 144 valence electrons. The van der Waals surface area contributed by atoms with Crippen LogP contribution in [0.15, 0.2) is 24.5 Å². The van der Waals surface area contributed by atoms with E-state index in [1.54, 1.807) is 0 Å². The third-order valence-electron chi connectivity index (χ3n) is 6.89. The Kier molecular flexibility index (Phi) is 4.19. The highest BCUT2D eigenvalue weighted by Gasteiger charge is 2.62. The summed E-state index contributed by atoms with van der Waals surface area (Å²) in [4.78, 5) is 2.54. The maximum Gasteiger partial charge on any atom is 0.214 e. The first-order valence-corrected chi connectivity index (χ1v) is 11.6. The Hall–Kier alpha value is -0.890. The van der Waals surface area contributed by atoms with E-state index in [2.05, 4.69) is 38.7 Å². The van der Waals surface area contributed by atoms with Crippen molar-refractivity contribution in [3.63, 3.8) is 0 Å². The van der Waals surface area contributed by atoms with Crippen molar-refractivity contribution in [2.24, 2.45) is 11.8 Å². The van der Waals surface area contributed by atoms with Crippen molar-refractivity contribution in [2.45, 2.75) is 55.6 Å². The van der Waals surface area contributed by atoms with Crippen LogP contribution in [0.4, 0.5) is 0 Å². The molecule has 1 aliphatic carbocycles. The van der Waals surface area contributed by atoms with Crippen LogP contribution in [0.2, 0.25) is 0 Å². The van der Waals surface area contributed by atoms with E-state index >= 15 is 0 Å². The number of nitrogens with zero attached hydrogens (tertiary/aromatic N) is 2. The monoisotopic (exact) mass is 379 g/mol. The molecule has 1 spiro atoms. The van der Waals surface area contributed by atoms with Gasteiger partial charge in [0.1, 0.15) is 0 Å². The van der Waals surface area contributed by atoms with E-state index in [4.69, 9.17) is 4.74 Å². The number of likely N-dealkylation sites (tertiary alicyclic amines) is 1. The fraction of sp³-hybridized carbons (Fsp3) is 0.789. The number of sulfonamides is 1. The first-order chi connectivity index (χ1) is 12.6. The molecule has 1 N–H and O–H groups in total. The minimum absolute atomic E-state index is 0.00615. The van der Waals surface area contributed by atoms with Crippen LogP contribution in [0.1, 0.15) is 32.1 Å². The second-order valence-electron chi connectivity index (χ2n) is 8.63. The molecule has 0 unspecified atom stereocenters. The summed E-state index contributed by atoms with van der Waals surface area (Å²) in [5, 5.41) is -0.135. The fourth-order valence-electron chi connectivity index (χ4n) is 5.43. The van der Waals surface area contributed by atoms with Gasteiger partial charge in [-0.3, -0.25) is 4.90 Å². The number of fused-ring (bicyclic) bond motifs is 1. The molecule has 1 aromatic rings. The minimum Gasteiger partial charge on any atom is -0.370 e. The Morgan fingerprint density at radius 3 is 2.73 bits per heavy atom. The first kappa shape index (κ1) is 17.2. The Balaban J connectivity index is 1.18. The summed E-state index contributed by atoms with van der Waals surface area (Å²) >= 11 is 0. The van der Waals surface area contributed by atoms with Crippen LogP contribution in [0, 0.1) is 11.8 Å². The summed E-state index contributed by atoms with van der Waals surface area (Å²) in [6.07, 6.45) is 9.49. The lowest BCUT2D eigenvalue weighted by atomic mass is 9.74. The maximum absolute atomic E-state index is 12.2. The predicted molar refractivity (Wildman–Crippen MR) is 99.3 cm³/mol. The lowest BCUT2D eigenvalue weighted by Crippen LogP contribution is -2.42. The number of nitrogens with one attached hydrogen (secondary N) is 1. The minimum atomic E-state index is -3.10. The van der Waals surface area contributed by atoms with E-state index in [0.717, 1.165) is 58.3 Å². The third kappa shape index (κ3) is 3.03. The summed E-state index contributed by atoms with van der Waals surface area (Å²) in [6, 6.07) is 4.14. The molecule has 26 heavy (non-hydrogen) atoms. The van der Waals surface area contributed by atoms with Crippen LogP contribution in [-0.4, -0.2) is 61.0 Å². The Labute approximate surface area is 155 Å². The Morgan fingerprint density at radius 1 is 1.15 bits per heavy atom. The Bertz CT molecular complexity index is 746. The molecule has 4 heterocycles. The average Bonchev–Trinajstić information content (AvgIpc) is 2.96. The zero-order valence-corrected chi connectivity index (χ0v) is 16.0. The molecule has 3 saturated heterocycles. The highest BCUT2D eigenvalue weighted by atomic mass is 32.2. The molecule has 3 aliphatic heterocycles. The van der Waals surface area contributed by atoms with Gasteiger partial charge in [0.15, 0.2) is 0 Å². The second-order valence-corrected chi connectivity index (χ2v) is 10.7. The van der Waals surface area contributed by atoms with E-state index in [0.29, 0.717) is 18.4 Å². The van der Waals surface area contributed by atoms with E-state index in [1.165, 1.54) is 0 Å². The van der Waals surface area contributed by atoms with Crippen molar-refractivity contribution in [3.05, 3.63) is 24.5 Å². The maximum atomic E-state index is 12.2. The van der Waals surface area contributed by atoms with Crippen LogP contribution in [0.25, 0.3) is 0 Å². The topological polar surface area (TPSA) is 63.6 Å². The van der Waals surface area contributed by atoms with Crippen molar-refractivity contribution in [2.75, 3.05) is 26.2 Å². The molecule has 1 saturated carbocycles. The van der Waals surface area contributed by atoms with Crippen molar-refractivity contribution in [3.8, 4) is 0 Å². The van der Waals surface area contributed by atoms with E-state index in [1.807, 2.05) is 0 Å². The normalized spacial score (nSPS) is 36.7. The fourth-order valence-corrected chi connectivity index (χ4v) is 6.85. The highest BCUT2D eigenvalue weighted by Crippen LogP contribution is 2.54. The van der Waals surface area contributed by atoms with Gasteiger partial charge in [0.25, 0.3) is 0 Å². The van der Waals surface area contributed by atoms with Crippen LogP contribution in [-0.2, 0) is 21.3 Å². The van der Waals surface area contributed by atoms with Crippen molar-refractivity contribution in [1.29, 1.82) is 0 Å². The van der Waals surface area contributed by atoms with E-state index < -0.39 is 10.0 Å². The average molecular weight is 380 g/mol. The highest BCUT2D eigenvalue weighted by molar-refractivity contribution is 7.90. The van der Waals surface area contributed by atoms with Gasteiger partial charge in [-0.05, 0) is 50.8 Å². The van der Waals surface area contributed by atoms with Gasteiger partial charge >= 0.3 is 0 Å². The molecular formula is C19H29N3O3S. The van der Waals surface area contributed by atoms with Crippen LogP contribution < -0.4 is 4.72 Å². The number of rotatable bonds is 8. The van der Waals surface area contributed by atoms with Crippen LogP contribution in [0.3, 0.4) is 0 Å². The lowest BCUT2D eigenvalue weighted by molar-refractivity contribution is 0.00270. The molecular weight excluding hydrogens is 350 g/mol. The molecule has 4 fully saturated rings. The third-order valence-corrected chi connectivity index (χ3v) is 8.81. The summed E-state index contributed by atoms with van der Waals surface area (Å²) in [5.74, 6) is 0.821. The SMILES string of the molecule is O=S(=O)(NC[C@H]1[C@H]2CN(CCCn3cccc3)C[C@]23CC[C@H]1O3)C1CC1. The van der Waals surface area contributed by atoms with Gasteiger partial charge in [-0.25, -0.2) is 13.1 Å². The first-order valence-electron chi connectivity index (χ1n) is 10.1. The predicted octanol–water partition coefficient (Wildman–Crippen LogP) is 1.44. The van der Waals surface area contributed by atoms with E-state index in [9.17, 15) is 8.42 Å². The van der Waals surface area contributed by atoms with Gasteiger partial charge < -0.3 is 9.30 Å². The number of hydrogen-bond acceptors (Lipinski definition) is 4. The molecule has 0 amide bonds. The standard InChI is InChI=1S/C19H29N3O3S/c23-26(24,15-4-5-15)20-12-16-17-13-22(11-3-10-21-8-1-2-9-21)14-19(17)7-6-18(16)25-19/h1-2,8-9,15-18,20H,3-7,10-14H2/t16-,17+,18+,19+/m0/s1. The molecule has 5 rings (SSSR count). The number of aromatic nitrogens is 1. The molecule has 7 heteroatoms. The number of ether oxygens (including phenoxy) is 1. The quantitative estimate of drug-likeness (QED) is 0.742. The lowest BCUT2D eigenvalue weighted by Gasteiger charge is -2.29. The van der Waals surface area contributed by atoms with Gasteiger partial charge in [-0.2, -0.15) is 0 Å². The van der Waals surface area contributed by atoms with Crippen LogP contribution in [0.5, 0.6) is 0 Å². The molecule has 2 bridgehead atoms. The summed E-state index contributed by atoms with van der Waals surface area (Å²) < 4.78 is 36.0.